The maximum absolute atomic E-state index is 13.1. The summed E-state index contributed by atoms with van der Waals surface area (Å²) in [7, 11) is 0. The van der Waals surface area contributed by atoms with Crippen molar-refractivity contribution in [3.05, 3.63) is 75.1 Å². The van der Waals surface area contributed by atoms with Gasteiger partial charge in [-0.2, -0.15) is 0 Å². The highest BCUT2D eigenvalue weighted by molar-refractivity contribution is 5.93. The van der Waals surface area contributed by atoms with E-state index >= 15 is 0 Å². The molecule has 0 saturated carbocycles. The molecule has 2 amide bonds. The van der Waals surface area contributed by atoms with Gasteiger partial charge in [-0.3, -0.25) is 30.6 Å². The summed E-state index contributed by atoms with van der Waals surface area (Å²) in [6.45, 7) is 3.49. The van der Waals surface area contributed by atoms with Gasteiger partial charge in [-0.1, -0.05) is 6.07 Å². The molecule has 9 heteroatoms. The Bertz CT molecular complexity index is 923. The lowest BCUT2D eigenvalue weighted by atomic mass is 10.1. The fourth-order valence-electron chi connectivity index (χ4n) is 2.36. The van der Waals surface area contributed by atoms with E-state index in [9.17, 15) is 24.1 Å². The molecule has 0 radical (unpaired) electrons. The Morgan fingerprint density at radius 1 is 1.14 bits per heavy atom. The Morgan fingerprint density at radius 3 is 2.46 bits per heavy atom. The van der Waals surface area contributed by atoms with Crippen LogP contribution < -0.4 is 15.6 Å². The zero-order valence-electron chi connectivity index (χ0n) is 15.2. The molecule has 2 rings (SSSR count). The van der Waals surface area contributed by atoms with Gasteiger partial charge in [0.2, 0.25) is 0 Å². The lowest BCUT2D eigenvalue weighted by Crippen LogP contribution is -2.43. The summed E-state index contributed by atoms with van der Waals surface area (Å²) in [5, 5.41) is 10.9. The van der Waals surface area contributed by atoms with Crippen LogP contribution in [0.15, 0.2) is 42.5 Å². The highest BCUT2D eigenvalue weighted by atomic mass is 19.1. The van der Waals surface area contributed by atoms with Gasteiger partial charge in [0.25, 0.3) is 17.5 Å². The Kier molecular flexibility index (Phi) is 6.80. The zero-order chi connectivity index (χ0) is 20.7. The highest BCUT2D eigenvalue weighted by Gasteiger charge is 2.13. The number of carbonyl (C=O) groups is 2. The molecule has 0 fully saturated rings. The van der Waals surface area contributed by atoms with Crippen LogP contribution in [0.1, 0.15) is 16.7 Å². The van der Waals surface area contributed by atoms with Crippen LogP contribution in [0, 0.1) is 29.8 Å². The predicted octanol–water partition coefficient (Wildman–Crippen LogP) is 2.59. The predicted molar refractivity (Wildman–Crippen MR) is 99.8 cm³/mol. The van der Waals surface area contributed by atoms with E-state index < -0.39 is 28.2 Å². The van der Waals surface area contributed by atoms with Crippen LogP contribution in [-0.4, -0.2) is 23.3 Å². The number of amides is 2. The van der Waals surface area contributed by atoms with E-state index in [1.807, 2.05) is 19.9 Å². The first-order valence-electron chi connectivity index (χ1n) is 8.16. The number of nitro groups is 1. The molecule has 2 N–H and O–H groups in total. The number of carbonyl (C=O) groups excluding carboxylic acids is 2. The normalized spacial score (nSPS) is 10.5. The van der Waals surface area contributed by atoms with Crippen molar-refractivity contribution in [2.24, 2.45) is 0 Å². The number of hydrazine groups is 1. The molecule has 0 atom stereocenters. The van der Waals surface area contributed by atoms with E-state index in [0.29, 0.717) is 5.75 Å². The number of aryl methyl sites for hydroxylation is 2. The SMILES string of the molecule is Cc1cc(C)cc(OCC(=O)NNC(=O)C=Cc2ccc(F)cc2[N+](=O)[O-])c1. The summed E-state index contributed by atoms with van der Waals surface area (Å²) in [5.41, 5.74) is 5.83. The van der Waals surface area contributed by atoms with E-state index in [4.69, 9.17) is 4.74 Å². The van der Waals surface area contributed by atoms with Gasteiger partial charge in [-0.25, -0.2) is 4.39 Å². The third-order valence-electron chi connectivity index (χ3n) is 3.49. The number of nitro benzene ring substituents is 1. The largest absolute Gasteiger partial charge is 0.484 e. The average molecular weight is 387 g/mol. The van der Waals surface area contributed by atoms with E-state index in [-0.39, 0.29) is 12.2 Å². The van der Waals surface area contributed by atoms with Crippen LogP contribution in [0.2, 0.25) is 0 Å². The van der Waals surface area contributed by atoms with E-state index in [1.54, 1.807) is 12.1 Å². The number of ether oxygens (including phenoxy) is 1. The van der Waals surface area contributed by atoms with Gasteiger partial charge in [0.15, 0.2) is 6.61 Å². The summed E-state index contributed by atoms with van der Waals surface area (Å²) in [6.07, 6.45) is 2.12. The van der Waals surface area contributed by atoms with Gasteiger partial charge in [0.05, 0.1) is 16.6 Å². The molecule has 2 aromatic carbocycles. The molecule has 0 heterocycles. The number of rotatable bonds is 6. The second-order valence-corrected chi connectivity index (χ2v) is 5.94. The summed E-state index contributed by atoms with van der Waals surface area (Å²) in [5.74, 6) is -1.54. The van der Waals surface area contributed by atoms with Gasteiger partial charge >= 0.3 is 0 Å². The number of nitrogens with one attached hydrogen (secondary N) is 2. The minimum atomic E-state index is -0.760. The molecule has 0 saturated heterocycles. The van der Waals surface area contributed by atoms with Crippen LogP contribution in [0.25, 0.3) is 6.08 Å². The molecule has 28 heavy (non-hydrogen) atoms. The van der Waals surface area contributed by atoms with Crippen molar-refractivity contribution < 1.29 is 23.6 Å². The van der Waals surface area contributed by atoms with Crippen LogP contribution in [0.4, 0.5) is 10.1 Å². The summed E-state index contributed by atoms with van der Waals surface area (Å²) in [6, 6.07) is 8.48. The van der Waals surface area contributed by atoms with Gasteiger partial charge < -0.3 is 4.74 Å². The number of hydrogen-bond acceptors (Lipinski definition) is 5. The van der Waals surface area contributed by atoms with Crippen LogP contribution in [-0.2, 0) is 9.59 Å². The Morgan fingerprint density at radius 2 is 1.82 bits per heavy atom. The average Bonchev–Trinajstić information content (AvgIpc) is 2.62. The quantitative estimate of drug-likeness (QED) is 0.450. The molecule has 0 unspecified atom stereocenters. The highest BCUT2D eigenvalue weighted by Crippen LogP contribution is 2.21. The van der Waals surface area contributed by atoms with Crippen LogP contribution in [0.3, 0.4) is 0 Å². The molecular weight excluding hydrogens is 369 g/mol. The monoisotopic (exact) mass is 387 g/mol. The fraction of sp³-hybridized carbons (Fsp3) is 0.158. The number of hydrogen-bond donors (Lipinski definition) is 2. The van der Waals surface area contributed by atoms with Crippen molar-refractivity contribution in [1.82, 2.24) is 10.9 Å². The maximum Gasteiger partial charge on any atom is 0.279 e. The molecule has 0 bridgehead atoms. The lowest BCUT2D eigenvalue weighted by molar-refractivity contribution is -0.385. The third-order valence-corrected chi connectivity index (χ3v) is 3.49. The van der Waals surface area contributed by atoms with Crippen molar-refractivity contribution in [2.45, 2.75) is 13.8 Å². The Labute approximate surface area is 160 Å². The molecule has 0 aliphatic heterocycles. The van der Waals surface area contributed by atoms with Gasteiger partial charge in [-0.05, 0) is 55.3 Å². The number of nitrogens with zero attached hydrogens (tertiary/aromatic N) is 1. The van der Waals surface area contributed by atoms with E-state index in [1.165, 1.54) is 6.07 Å². The molecule has 0 aromatic heterocycles. The molecule has 0 aliphatic carbocycles. The van der Waals surface area contributed by atoms with Crippen LogP contribution >= 0.6 is 0 Å². The summed E-state index contributed by atoms with van der Waals surface area (Å²) < 4.78 is 18.4. The Hall–Kier alpha value is -3.75. The minimum Gasteiger partial charge on any atom is -0.484 e. The first-order valence-corrected chi connectivity index (χ1v) is 8.16. The first kappa shape index (κ1) is 20.6. The van der Waals surface area contributed by atoms with Crippen molar-refractivity contribution >= 4 is 23.6 Å². The summed E-state index contributed by atoms with van der Waals surface area (Å²) >= 11 is 0. The minimum absolute atomic E-state index is 0.0472. The van der Waals surface area contributed by atoms with Crippen molar-refractivity contribution in [3.63, 3.8) is 0 Å². The molecule has 0 spiro atoms. The molecule has 146 valence electrons. The zero-order valence-corrected chi connectivity index (χ0v) is 15.2. The van der Waals surface area contributed by atoms with Crippen molar-refractivity contribution in [3.8, 4) is 5.75 Å². The van der Waals surface area contributed by atoms with E-state index in [0.717, 1.165) is 35.4 Å². The summed E-state index contributed by atoms with van der Waals surface area (Å²) in [4.78, 5) is 33.6. The second kappa shape index (κ2) is 9.26. The third kappa shape index (κ3) is 6.20. The van der Waals surface area contributed by atoms with Gasteiger partial charge in [0.1, 0.15) is 11.6 Å². The fourth-order valence-corrected chi connectivity index (χ4v) is 2.36. The lowest BCUT2D eigenvalue weighted by Gasteiger charge is -2.09. The number of benzene rings is 2. The number of halogens is 1. The maximum atomic E-state index is 13.1. The van der Waals surface area contributed by atoms with Crippen molar-refractivity contribution in [1.29, 1.82) is 0 Å². The van der Waals surface area contributed by atoms with Crippen LogP contribution in [0.5, 0.6) is 5.75 Å². The molecule has 8 nitrogen and oxygen atoms in total. The van der Waals surface area contributed by atoms with Gasteiger partial charge in [0, 0.05) is 6.08 Å². The molecule has 0 aliphatic rings. The standard InChI is InChI=1S/C19H18FN3O5/c1-12-7-13(2)9-16(8-12)28-11-19(25)22-21-18(24)6-4-14-3-5-15(20)10-17(14)23(26)27/h3-10H,11H2,1-2H3,(H,21,24)(H,22,25). The molecule has 2 aromatic rings. The van der Waals surface area contributed by atoms with E-state index in [2.05, 4.69) is 10.9 Å². The topological polar surface area (TPSA) is 111 Å². The molecular formula is C19H18FN3O5. The van der Waals surface area contributed by atoms with Gasteiger partial charge in [-0.15, -0.1) is 0 Å². The Balaban J connectivity index is 1.86. The smallest absolute Gasteiger partial charge is 0.279 e. The second-order valence-electron chi connectivity index (χ2n) is 5.94. The first-order chi connectivity index (χ1) is 13.2. The van der Waals surface area contributed by atoms with Crippen molar-refractivity contribution in [2.75, 3.05) is 6.61 Å².